The fourth-order valence-corrected chi connectivity index (χ4v) is 1.20. The maximum atomic E-state index is 9.74. The van der Waals surface area contributed by atoms with Gasteiger partial charge in [-0.05, 0) is 26.0 Å². The maximum Gasteiger partial charge on any atom is 0.178 e. The molecule has 4 nitrogen and oxygen atoms in total. The molecule has 0 aliphatic rings. The second kappa shape index (κ2) is 2.99. The van der Waals surface area contributed by atoms with Crippen molar-refractivity contribution in [1.82, 2.24) is 15.0 Å². The largest absolute Gasteiger partial charge is 0.384 e. The Hall–Kier alpha value is -1.55. The van der Waals surface area contributed by atoms with Crippen molar-refractivity contribution in [2.24, 2.45) is 0 Å². The van der Waals surface area contributed by atoms with E-state index >= 15 is 0 Å². The Morgan fingerprint density at radius 3 is 2.57 bits per heavy atom. The smallest absolute Gasteiger partial charge is 0.178 e. The van der Waals surface area contributed by atoms with E-state index in [2.05, 4.69) is 15.0 Å². The highest BCUT2D eigenvalue weighted by atomic mass is 16.3. The second-order valence-corrected chi connectivity index (χ2v) is 3.65. The quantitative estimate of drug-likeness (QED) is 0.733. The number of fused-ring (bicyclic) bond motifs is 1. The van der Waals surface area contributed by atoms with E-state index in [-0.39, 0.29) is 0 Å². The van der Waals surface area contributed by atoms with Gasteiger partial charge in [0, 0.05) is 12.4 Å². The van der Waals surface area contributed by atoms with Crippen molar-refractivity contribution in [3.63, 3.8) is 0 Å². The van der Waals surface area contributed by atoms with E-state index < -0.39 is 5.60 Å². The van der Waals surface area contributed by atoms with Crippen LogP contribution < -0.4 is 0 Å². The fraction of sp³-hybridized carbons (Fsp3) is 0.300. The van der Waals surface area contributed by atoms with Gasteiger partial charge in [-0.3, -0.25) is 4.98 Å². The molecule has 0 atom stereocenters. The molecule has 0 radical (unpaired) electrons. The zero-order chi connectivity index (χ0) is 10.2. The van der Waals surface area contributed by atoms with Crippen molar-refractivity contribution in [1.29, 1.82) is 0 Å². The van der Waals surface area contributed by atoms with E-state index in [1.165, 1.54) is 0 Å². The first-order valence-electron chi connectivity index (χ1n) is 4.38. The highest BCUT2D eigenvalue weighted by Crippen LogP contribution is 2.18. The van der Waals surface area contributed by atoms with Crippen LogP contribution in [0, 0.1) is 0 Å². The highest BCUT2D eigenvalue weighted by Gasteiger charge is 2.17. The Morgan fingerprint density at radius 2 is 1.86 bits per heavy atom. The summed E-state index contributed by atoms with van der Waals surface area (Å²) in [6, 6.07) is 3.57. The summed E-state index contributed by atoms with van der Waals surface area (Å²) in [7, 11) is 0. The summed E-state index contributed by atoms with van der Waals surface area (Å²) in [5.41, 5.74) is 0.962. The van der Waals surface area contributed by atoms with Crippen molar-refractivity contribution < 1.29 is 5.11 Å². The number of rotatable bonds is 1. The van der Waals surface area contributed by atoms with Crippen LogP contribution in [0.1, 0.15) is 19.5 Å². The van der Waals surface area contributed by atoms with Crippen molar-refractivity contribution in [3.8, 4) is 0 Å². The summed E-state index contributed by atoms with van der Waals surface area (Å²) in [4.78, 5) is 12.4. The molecule has 2 aromatic rings. The van der Waals surface area contributed by atoms with Gasteiger partial charge in [0.05, 0.1) is 5.69 Å². The monoisotopic (exact) mass is 189 g/mol. The summed E-state index contributed by atoms with van der Waals surface area (Å²) >= 11 is 0. The molecule has 72 valence electrons. The third kappa shape index (κ3) is 1.56. The summed E-state index contributed by atoms with van der Waals surface area (Å²) in [5.74, 6) is 0. The number of hydrogen-bond acceptors (Lipinski definition) is 4. The Balaban J connectivity index is 2.63. The lowest BCUT2D eigenvalue weighted by Gasteiger charge is -2.15. The maximum absolute atomic E-state index is 9.74. The minimum Gasteiger partial charge on any atom is -0.384 e. The van der Waals surface area contributed by atoms with Gasteiger partial charge in [-0.2, -0.15) is 0 Å². The average Bonchev–Trinajstić information content (AvgIpc) is 2.16. The van der Waals surface area contributed by atoms with Crippen LogP contribution in [0.15, 0.2) is 24.5 Å². The topological polar surface area (TPSA) is 58.9 Å². The molecule has 0 bridgehead atoms. The van der Waals surface area contributed by atoms with Gasteiger partial charge in [-0.15, -0.1) is 0 Å². The molecule has 1 N–H and O–H groups in total. The molecule has 0 unspecified atom stereocenters. The Morgan fingerprint density at radius 1 is 1.14 bits per heavy atom. The van der Waals surface area contributed by atoms with E-state index in [4.69, 9.17) is 0 Å². The lowest BCUT2D eigenvalue weighted by atomic mass is 10.1. The molecule has 0 saturated heterocycles. The number of aliphatic hydroxyl groups is 1. The molecule has 0 amide bonds. The molecular weight excluding hydrogens is 178 g/mol. The van der Waals surface area contributed by atoms with Crippen LogP contribution in [0.2, 0.25) is 0 Å². The average molecular weight is 189 g/mol. The van der Waals surface area contributed by atoms with Crippen LogP contribution in [0.25, 0.3) is 11.2 Å². The van der Waals surface area contributed by atoms with E-state index in [1.807, 2.05) is 6.07 Å². The SMILES string of the molecule is CC(C)(O)c1ccc2nccnc2n1. The lowest BCUT2D eigenvalue weighted by Crippen LogP contribution is -2.17. The molecule has 0 aromatic carbocycles. The van der Waals surface area contributed by atoms with Gasteiger partial charge in [0.1, 0.15) is 11.1 Å². The highest BCUT2D eigenvalue weighted by molar-refractivity contribution is 5.69. The number of pyridine rings is 1. The standard InChI is InChI=1S/C10H11N3O/c1-10(2,14)8-4-3-7-9(13-8)12-6-5-11-7/h3-6,14H,1-2H3. The Bertz CT molecular complexity index is 462. The third-order valence-corrected chi connectivity index (χ3v) is 1.96. The van der Waals surface area contributed by atoms with Crippen molar-refractivity contribution in [2.75, 3.05) is 0 Å². The van der Waals surface area contributed by atoms with E-state index in [1.54, 1.807) is 32.3 Å². The summed E-state index contributed by atoms with van der Waals surface area (Å²) in [6.45, 7) is 3.38. The molecule has 2 aromatic heterocycles. The molecule has 2 heterocycles. The third-order valence-electron chi connectivity index (χ3n) is 1.96. The zero-order valence-electron chi connectivity index (χ0n) is 8.10. The van der Waals surface area contributed by atoms with Crippen LogP contribution in [-0.2, 0) is 5.60 Å². The minimum atomic E-state index is -0.939. The lowest BCUT2D eigenvalue weighted by molar-refractivity contribution is 0.0741. The second-order valence-electron chi connectivity index (χ2n) is 3.65. The van der Waals surface area contributed by atoms with Gasteiger partial charge in [0.25, 0.3) is 0 Å². The summed E-state index contributed by atoms with van der Waals surface area (Å²) in [5, 5.41) is 9.74. The molecular formula is C10H11N3O. The van der Waals surface area contributed by atoms with Crippen LogP contribution in [0.3, 0.4) is 0 Å². The summed E-state index contributed by atoms with van der Waals surface area (Å²) < 4.78 is 0. The Labute approximate surface area is 81.7 Å². The summed E-state index contributed by atoms with van der Waals surface area (Å²) in [6.07, 6.45) is 3.21. The van der Waals surface area contributed by atoms with Gasteiger partial charge in [-0.1, -0.05) is 0 Å². The predicted octanol–water partition coefficient (Wildman–Crippen LogP) is 1.25. The van der Waals surface area contributed by atoms with Crippen LogP contribution in [-0.4, -0.2) is 20.1 Å². The van der Waals surface area contributed by atoms with E-state index in [9.17, 15) is 5.11 Å². The van der Waals surface area contributed by atoms with Crippen molar-refractivity contribution >= 4 is 11.2 Å². The number of hydrogen-bond donors (Lipinski definition) is 1. The number of nitrogens with zero attached hydrogens (tertiary/aromatic N) is 3. The predicted molar refractivity (Wildman–Crippen MR) is 52.6 cm³/mol. The first-order chi connectivity index (χ1) is 6.57. The fourth-order valence-electron chi connectivity index (χ4n) is 1.20. The molecule has 0 spiro atoms. The molecule has 4 heteroatoms. The minimum absolute atomic E-state index is 0.562. The number of aromatic nitrogens is 3. The van der Waals surface area contributed by atoms with Crippen molar-refractivity contribution in [3.05, 3.63) is 30.2 Å². The van der Waals surface area contributed by atoms with Crippen LogP contribution in [0.5, 0.6) is 0 Å². The van der Waals surface area contributed by atoms with E-state index in [0.717, 1.165) is 5.52 Å². The molecule has 0 saturated carbocycles. The van der Waals surface area contributed by atoms with Gasteiger partial charge in [0.2, 0.25) is 0 Å². The van der Waals surface area contributed by atoms with Gasteiger partial charge in [-0.25, -0.2) is 9.97 Å². The van der Waals surface area contributed by atoms with Crippen molar-refractivity contribution in [2.45, 2.75) is 19.4 Å². The Kier molecular flexibility index (Phi) is 1.93. The molecule has 0 aliphatic heterocycles. The van der Waals surface area contributed by atoms with Crippen LogP contribution in [0.4, 0.5) is 0 Å². The molecule has 0 fully saturated rings. The van der Waals surface area contributed by atoms with E-state index in [0.29, 0.717) is 11.3 Å². The van der Waals surface area contributed by atoms with Gasteiger partial charge in [0.15, 0.2) is 5.65 Å². The van der Waals surface area contributed by atoms with Gasteiger partial charge < -0.3 is 5.11 Å². The molecule has 14 heavy (non-hydrogen) atoms. The molecule has 2 rings (SSSR count). The van der Waals surface area contributed by atoms with Crippen LogP contribution >= 0.6 is 0 Å². The molecule has 0 aliphatic carbocycles. The first kappa shape index (κ1) is 9.02. The zero-order valence-corrected chi connectivity index (χ0v) is 8.10. The van der Waals surface area contributed by atoms with Gasteiger partial charge >= 0.3 is 0 Å². The normalized spacial score (nSPS) is 11.9. The first-order valence-corrected chi connectivity index (χ1v) is 4.38.